The molecule has 2 aliphatic rings. The van der Waals surface area contributed by atoms with Gasteiger partial charge in [0.2, 0.25) is 5.66 Å². The van der Waals surface area contributed by atoms with E-state index in [4.69, 9.17) is 0 Å². The summed E-state index contributed by atoms with van der Waals surface area (Å²) in [4.78, 5) is 34.3. The molecule has 0 radical (unpaired) electrons. The first kappa shape index (κ1) is 19.8. The summed E-state index contributed by atoms with van der Waals surface area (Å²) in [6, 6.07) is 19.2. The zero-order chi connectivity index (χ0) is 21.8. The van der Waals surface area contributed by atoms with Crippen LogP contribution in [0.25, 0.3) is 0 Å². The lowest BCUT2D eigenvalue weighted by Crippen LogP contribution is -2.63. The largest absolute Gasteiger partial charge is 0.350 e. The van der Waals surface area contributed by atoms with Gasteiger partial charge in [-0.25, -0.2) is 0 Å². The number of amides is 2. The third-order valence-corrected chi connectivity index (χ3v) is 7.22. The summed E-state index contributed by atoms with van der Waals surface area (Å²) in [5.41, 5.74) is 1.60. The maximum Gasteiger partial charge on any atom is 0.278 e. The number of nitrogens with zero attached hydrogens (tertiary/aromatic N) is 3. The van der Waals surface area contributed by atoms with Crippen LogP contribution in [-0.4, -0.2) is 49.3 Å². The lowest BCUT2D eigenvalue weighted by atomic mass is 9.92. The van der Waals surface area contributed by atoms with E-state index in [-0.39, 0.29) is 17.9 Å². The molecule has 1 N–H and O–H groups in total. The lowest BCUT2D eigenvalue weighted by molar-refractivity contribution is -0.127. The highest BCUT2D eigenvalue weighted by Crippen LogP contribution is 2.48. The average Bonchev–Trinajstić information content (AvgIpc) is 3.37. The van der Waals surface area contributed by atoms with Gasteiger partial charge in [0.1, 0.15) is 0 Å². The molecule has 3 aromatic rings. The first-order valence-corrected chi connectivity index (χ1v) is 11.1. The first-order chi connectivity index (χ1) is 14.9. The number of para-hydroxylation sites is 2. The molecule has 1 aromatic heterocycles. The summed E-state index contributed by atoms with van der Waals surface area (Å²) < 4.78 is 0. The van der Waals surface area contributed by atoms with Crippen molar-refractivity contribution in [3.05, 3.63) is 82.0 Å². The Morgan fingerprint density at radius 3 is 2.52 bits per heavy atom. The zero-order valence-electron chi connectivity index (χ0n) is 17.7. The highest BCUT2D eigenvalue weighted by Gasteiger charge is 2.58. The molecule has 0 fully saturated rings. The van der Waals surface area contributed by atoms with Gasteiger partial charge in [0.25, 0.3) is 11.8 Å². The van der Waals surface area contributed by atoms with Crippen LogP contribution in [0.5, 0.6) is 0 Å². The van der Waals surface area contributed by atoms with E-state index in [9.17, 15) is 9.59 Å². The molecule has 0 aliphatic carbocycles. The van der Waals surface area contributed by atoms with Gasteiger partial charge in [-0.2, -0.15) is 0 Å². The highest BCUT2D eigenvalue weighted by molar-refractivity contribution is 7.10. The number of benzene rings is 2. The summed E-state index contributed by atoms with van der Waals surface area (Å²) >= 11 is 1.66. The van der Waals surface area contributed by atoms with Crippen molar-refractivity contribution in [3.63, 3.8) is 0 Å². The normalized spacial score (nSPS) is 20.8. The van der Waals surface area contributed by atoms with Crippen molar-refractivity contribution < 1.29 is 9.59 Å². The number of likely N-dealkylation sites (N-methyl/N-ethyl adjacent to an activating group) is 2. The number of nitrogens with one attached hydrogen (secondary N) is 1. The summed E-state index contributed by atoms with van der Waals surface area (Å²) in [5, 5.41) is 5.52. The Labute approximate surface area is 185 Å². The number of rotatable bonds is 4. The Bertz CT molecular complexity index is 1160. The molecule has 0 saturated carbocycles. The third kappa shape index (κ3) is 2.80. The quantitative estimate of drug-likeness (QED) is 0.682. The molecule has 2 atom stereocenters. The Hall–Kier alpha value is -3.16. The number of carbonyl (C=O) groups is 2. The number of anilines is 2. The van der Waals surface area contributed by atoms with E-state index in [1.54, 1.807) is 28.2 Å². The van der Waals surface area contributed by atoms with E-state index in [1.165, 1.54) is 0 Å². The van der Waals surface area contributed by atoms with E-state index >= 15 is 0 Å². The van der Waals surface area contributed by atoms with E-state index in [2.05, 4.69) is 16.3 Å². The van der Waals surface area contributed by atoms with Gasteiger partial charge in [-0.1, -0.05) is 36.4 Å². The molecule has 2 amide bonds. The SMILES string of the molecule is CN1C(=O)[C@]2(Nc3ccccc3C(=O)N2C[C@@H](c2cccs2)N(C)C)c2ccccc21. The molecule has 6 nitrogen and oxygen atoms in total. The van der Waals surface area contributed by atoms with Crippen molar-refractivity contribution in [2.75, 3.05) is 37.9 Å². The minimum absolute atomic E-state index is 0.0428. The second-order valence-corrected chi connectivity index (χ2v) is 9.15. The number of fused-ring (bicyclic) bond motifs is 3. The third-order valence-electron chi connectivity index (χ3n) is 6.24. The topological polar surface area (TPSA) is 55.9 Å². The van der Waals surface area contributed by atoms with Crippen LogP contribution < -0.4 is 10.2 Å². The molecule has 31 heavy (non-hydrogen) atoms. The molecule has 1 spiro atoms. The molecule has 2 aliphatic heterocycles. The van der Waals surface area contributed by atoms with Crippen molar-refractivity contribution in [3.8, 4) is 0 Å². The van der Waals surface area contributed by atoms with Crippen LogP contribution in [0.4, 0.5) is 11.4 Å². The number of thiophene rings is 1. The van der Waals surface area contributed by atoms with Crippen molar-refractivity contribution in [2.45, 2.75) is 11.7 Å². The fraction of sp³-hybridized carbons (Fsp3) is 0.250. The second kappa shape index (κ2) is 7.21. The van der Waals surface area contributed by atoms with Crippen LogP contribution in [-0.2, 0) is 10.5 Å². The van der Waals surface area contributed by atoms with Gasteiger partial charge in [-0.3, -0.25) is 9.59 Å². The Balaban J connectivity index is 1.71. The monoisotopic (exact) mass is 432 g/mol. The van der Waals surface area contributed by atoms with Crippen molar-refractivity contribution in [2.24, 2.45) is 0 Å². The number of hydrogen-bond acceptors (Lipinski definition) is 5. The molecule has 158 valence electrons. The van der Waals surface area contributed by atoms with Gasteiger partial charge in [0, 0.05) is 29.7 Å². The van der Waals surface area contributed by atoms with E-state index < -0.39 is 5.66 Å². The second-order valence-electron chi connectivity index (χ2n) is 8.17. The van der Waals surface area contributed by atoms with E-state index in [0.717, 1.165) is 16.1 Å². The molecular formula is C24H24N4O2S. The zero-order valence-corrected chi connectivity index (χ0v) is 18.5. The Kier molecular flexibility index (Phi) is 4.60. The molecule has 0 unspecified atom stereocenters. The number of hydrogen-bond donors (Lipinski definition) is 1. The number of carbonyl (C=O) groups excluding carboxylic acids is 2. The van der Waals surface area contributed by atoms with Gasteiger partial charge in [-0.15, -0.1) is 11.3 Å². The minimum Gasteiger partial charge on any atom is -0.350 e. The van der Waals surface area contributed by atoms with Crippen LogP contribution in [0, 0.1) is 0 Å². The Morgan fingerprint density at radius 2 is 1.77 bits per heavy atom. The minimum atomic E-state index is -1.28. The first-order valence-electron chi connectivity index (χ1n) is 10.2. The van der Waals surface area contributed by atoms with Crippen molar-refractivity contribution in [1.29, 1.82) is 0 Å². The maximum atomic E-state index is 13.9. The predicted octanol–water partition coefficient (Wildman–Crippen LogP) is 3.75. The average molecular weight is 433 g/mol. The van der Waals surface area contributed by atoms with Gasteiger partial charge in [-0.05, 0) is 43.7 Å². The van der Waals surface area contributed by atoms with Crippen LogP contribution >= 0.6 is 11.3 Å². The fourth-order valence-corrected chi connectivity index (χ4v) is 5.55. The van der Waals surface area contributed by atoms with Gasteiger partial charge in [0.15, 0.2) is 0 Å². The van der Waals surface area contributed by atoms with Crippen molar-refractivity contribution >= 4 is 34.5 Å². The Morgan fingerprint density at radius 1 is 1.03 bits per heavy atom. The fourth-order valence-electron chi connectivity index (χ4n) is 4.64. The summed E-state index contributed by atoms with van der Waals surface area (Å²) in [6.45, 7) is 0.377. The molecule has 0 bridgehead atoms. The standard InChI is InChI=1S/C24H24N4O2S/c1-26(2)20(21-13-8-14-31-21)15-28-22(29)16-9-4-6-11-18(16)25-24(28)17-10-5-7-12-19(17)27(3)23(24)30/h4-14,20,25H,15H2,1-3H3/t20-,24-/m0/s1. The van der Waals surface area contributed by atoms with Crippen LogP contribution in [0.15, 0.2) is 66.0 Å². The van der Waals surface area contributed by atoms with Crippen LogP contribution in [0.3, 0.4) is 0 Å². The molecule has 5 rings (SSSR count). The molecular weight excluding hydrogens is 408 g/mol. The lowest BCUT2D eigenvalue weighted by Gasteiger charge is -2.46. The summed E-state index contributed by atoms with van der Waals surface area (Å²) in [6.07, 6.45) is 0. The maximum absolute atomic E-state index is 13.9. The smallest absolute Gasteiger partial charge is 0.278 e. The molecule has 0 saturated heterocycles. The highest BCUT2D eigenvalue weighted by atomic mass is 32.1. The predicted molar refractivity (Wildman–Crippen MR) is 123 cm³/mol. The summed E-state index contributed by atoms with van der Waals surface area (Å²) in [7, 11) is 5.77. The van der Waals surface area contributed by atoms with E-state index in [1.807, 2.05) is 74.1 Å². The van der Waals surface area contributed by atoms with Crippen molar-refractivity contribution in [1.82, 2.24) is 9.80 Å². The van der Waals surface area contributed by atoms with E-state index in [0.29, 0.717) is 17.8 Å². The summed E-state index contributed by atoms with van der Waals surface area (Å²) in [5.74, 6) is -0.295. The van der Waals surface area contributed by atoms with Crippen LogP contribution in [0.1, 0.15) is 26.8 Å². The van der Waals surface area contributed by atoms with Gasteiger partial charge >= 0.3 is 0 Å². The molecule has 7 heteroatoms. The van der Waals surface area contributed by atoms with Gasteiger partial charge in [0.05, 0.1) is 17.3 Å². The molecule has 3 heterocycles. The van der Waals surface area contributed by atoms with Gasteiger partial charge < -0.3 is 20.0 Å². The van der Waals surface area contributed by atoms with Crippen LogP contribution in [0.2, 0.25) is 0 Å². The molecule has 2 aromatic carbocycles.